The average molecular weight is 383 g/mol. The van der Waals surface area contributed by atoms with Gasteiger partial charge in [0, 0.05) is 39.1 Å². The number of rotatable bonds is 5. The smallest absolute Gasteiger partial charge is 0.108 e. The normalized spacial score (nSPS) is 12.7. The second kappa shape index (κ2) is 8.28. The van der Waals surface area contributed by atoms with Crippen molar-refractivity contribution in [2.24, 2.45) is 0 Å². The van der Waals surface area contributed by atoms with E-state index in [2.05, 4.69) is 4.98 Å². The van der Waals surface area contributed by atoms with E-state index in [1.165, 1.54) is 0 Å². The first kappa shape index (κ1) is 18.3. The van der Waals surface area contributed by atoms with Gasteiger partial charge in [0.1, 0.15) is 6.10 Å². The van der Waals surface area contributed by atoms with E-state index in [4.69, 9.17) is 28.6 Å². The maximum absolute atomic E-state index is 10.9. The zero-order chi connectivity index (χ0) is 18.5. The van der Waals surface area contributed by atoms with Gasteiger partial charge in [-0.1, -0.05) is 53.5 Å². The molecule has 3 rings (SSSR count). The van der Waals surface area contributed by atoms with Crippen LogP contribution in [-0.2, 0) is 0 Å². The third-order valence-electron chi connectivity index (χ3n) is 3.87. The van der Waals surface area contributed by atoms with Crippen molar-refractivity contribution in [2.45, 2.75) is 6.10 Å². The van der Waals surface area contributed by atoms with Crippen LogP contribution in [0.1, 0.15) is 22.8 Å². The molecule has 0 aliphatic carbocycles. The van der Waals surface area contributed by atoms with Crippen LogP contribution in [0.15, 0.2) is 78.6 Å². The van der Waals surface area contributed by atoms with E-state index < -0.39 is 6.10 Å². The minimum absolute atomic E-state index is 0.184. The fraction of sp³-hybridized carbons (Fsp3) is 0.0476. The molecule has 3 aromatic rings. The molecule has 0 aliphatic heterocycles. The highest BCUT2D eigenvalue weighted by Gasteiger charge is 2.19. The molecular weight excluding hydrogens is 367 g/mol. The molecule has 0 spiro atoms. The minimum Gasteiger partial charge on any atom is -0.384 e. The molecule has 1 aromatic heterocycles. The Kier molecular flexibility index (Phi) is 5.84. The van der Waals surface area contributed by atoms with Crippen LogP contribution in [0.5, 0.6) is 0 Å². The molecule has 5 heteroatoms. The summed E-state index contributed by atoms with van der Waals surface area (Å²) in [5, 5.41) is 20.6. The molecule has 0 fully saturated rings. The Bertz CT molecular complexity index is 955. The molecule has 0 radical (unpaired) electrons. The zero-order valence-corrected chi connectivity index (χ0v) is 15.2. The Morgan fingerprint density at radius 1 is 1.00 bits per heavy atom. The van der Waals surface area contributed by atoms with Crippen LogP contribution in [0.2, 0.25) is 10.0 Å². The van der Waals surface area contributed by atoms with Gasteiger partial charge in [-0.25, -0.2) is 0 Å². The van der Waals surface area contributed by atoms with E-state index in [1.807, 2.05) is 12.1 Å². The largest absolute Gasteiger partial charge is 0.384 e. The number of aliphatic hydroxyl groups excluding tert-OH is 1. The molecular formula is C21H16Cl2N2O. The van der Waals surface area contributed by atoms with E-state index in [0.29, 0.717) is 26.7 Å². The van der Waals surface area contributed by atoms with Crippen LogP contribution in [0.4, 0.5) is 0 Å². The van der Waals surface area contributed by atoms with Crippen molar-refractivity contribution in [3.8, 4) is 0 Å². The quantitative estimate of drug-likeness (QED) is 0.566. The van der Waals surface area contributed by atoms with E-state index in [9.17, 15) is 5.11 Å². The third kappa shape index (κ3) is 4.38. The van der Waals surface area contributed by atoms with Crippen molar-refractivity contribution in [3.05, 3.63) is 105 Å². The number of nitrogens with one attached hydrogen (secondary N) is 1. The first-order valence-corrected chi connectivity index (χ1v) is 8.70. The molecule has 130 valence electrons. The van der Waals surface area contributed by atoms with Gasteiger partial charge in [-0.3, -0.25) is 10.4 Å². The summed E-state index contributed by atoms with van der Waals surface area (Å²) in [5.41, 5.74) is 2.63. The Morgan fingerprint density at radius 3 is 2.38 bits per heavy atom. The van der Waals surface area contributed by atoms with Crippen molar-refractivity contribution in [2.75, 3.05) is 0 Å². The summed E-state index contributed by atoms with van der Waals surface area (Å²) in [7, 11) is 0. The summed E-state index contributed by atoms with van der Waals surface area (Å²) in [4.78, 5) is 4.06. The first-order valence-electron chi connectivity index (χ1n) is 7.94. The SMILES string of the molecule is N=C(C(=Cc1cccc(Cl)c1)C(O)c1cccnc1)c1cccc(Cl)c1. The van der Waals surface area contributed by atoms with Gasteiger partial charge >= 0.3 is 0 Å². The number of aromatic nitrogens is 1. The van der Waals surface area contributed by atoms with Crippen molar-refractivity contribution >= 4 is 35.0 Å². The molecule has 1 unspecified atom stereocenters. The number of hydrogen-bond donors (Lipinski definition) is 2. The van der Waals surface area contributed by atoms with Crippen molar-refractivity contribution in [1.82, 2.24) is 4.98 Å². The van der Waals surface area contributed by atoms with Gasteiger partial charge in [0.15, 0.2) is 0 Å². The summed E-state index contributed by atoms with van der Waals surface area (Å²) in [6, 6.07) is 17.8. The van der Waals surface area contributed by atoms with Gasteiger partial charge in [0.05, 0.1) is 5.71 Å². The van der Waals surface area contributed by atoms with Crippen LogP contribution >= 0.6 is 23.2 Å². The van der Waals surface area contributed by atoms with Gasteiger partial charge in [-0.15, -0.1) is 0 Å². The predicted molar refractivity (Wildman–Crippen MR) is 107 cm³/mol. The molecule has 1 heterocycles. The van der Waals surface area contributed by atoms with Gasteiger partial charge in [0.2, 0.25) is 0 Å². The maximum Gasteiger partial charge on any atom is 0.108 e. The molecule has 0 saturated carbocycles. The highest BCUT2D eigenvalue weighted by atomic mass is 35.5. The number of aliphatic hydroxyl groups is 1. The summed E-state index contributed by atoms with van der Waals surface area (Å²) < 4.78 is 0. The van der Waals surface area contributed by atoms with Gasteiger partial charge in [0.25, 0.3) is 0 Å². The fourth-order valence-electron chi connectivity index (χ4n) is 2.59. The Balaban J connectivity index is 2.08. The number of hydrogen-bond acceptors (Lipinski definition) is 3. The lowest BCUT2D eigenvalue weighted by Gasteiger charge is -2.17. The lowest BCUT2D eigenvalue weighted by molar-refractivity contribution is 0.222. The van der Waals surface area contributed by atoms with Crippen molar-refractivity contribution in [1.29, 1.82) is 5.41 Å². The molecule has 0 saturated heterocycles. The summed E-state index contributed by atoms with van der Waals surface area (Å²) >= 11 is 12.1. The summed E-state index contributed by atoms with van der Waals surface area (Å²) in [6.45, 7) is 0. The predicted octanol–water partition coefficient (Wildman–Crippen LogP) is 5.57. The highest BCUT2D eigenvalue weighted by molar-refractivity contribution is 6.31. The number of pyridine rings is 1. The maximum atomic E-state index is 10.9. The standard InChI is InChI=1S/C21H16Cl2N2O/c22-17-7-1-4-14(10-17)11-19(21(26)16-6-3-9-25-13-16)20(24)15-5-2-8-18(23)12-15/h1-13,21,24,26H. The van der Waals surface area contributed by atoms with Crippen LogP contribution in [0.3, 0.4) is 0 Å². The molecule has 0 bridgehead atoms. The molecule has 0 aliphatic rings. The second-order valence-electron chi connectivity index (χ2n) is 5.73. The van der Waals surface area contributed by atoms with Crippen molar-refractivity contribution < 1.29 is 5.11 Å². The Hall–Kier alpha value is -2.46. The van der Waals surface area contributed by atoms with Crippen LogP contribution in [-0.4, -0.2) is 15.8 Å². The van der Waals surface area contributed by atoms with Crippen LogP contribution in [0.25, 0.3) is 6.08 Å². The Morgan fingerprint density at radius 2 is 1.73 bits per heavy atom. The van der Waals surface area contributed by atoms with Gasteiger partial charge in [-0.2, -0.15) is 0 Å². The zero-order valence-electron chi connectivity index (χ0n) is 13.7. The fourth-order valence-corrected chi connectivity index (χ4v) is 2.98. The lowest BCUT2D eigenvalue weighted by atomic mass is 9.92. The molecule has 26 heavy (non-hydrogen) atoms. The van der Waals surface area contributed by atoms with Crippen LogP contribution in [0, 0.1) is 5.41 Å². The minimum atomic E-state index is -1.01. The monoisotopic (exact) mass is 382 g/mol. The first-order chi connectivity index (χ1) is 12.5. The highest BCUT2D eigenvalue weighted by Crippen LogP contribution is 2.28. The van der Waals surface area contributed by atoms with Crippen LogP contribution < -0.4 is 0 Å². The van der Waals surface area contributed by atoms with E-state index in [0.717, 1.165) is 5.56 Å². The summed E-state index contributed by atoms with van der Waals surface area (Å²) in [6.07, 6.45) is 3.97. The molecule has 3 nitrogen and oxygen atoms in total. The summed E-state index contributed by atoms with van der Waals surface area (Å²) in [5.74, 6) is 0. The van der Waals surface area contributed by atoms with E-state index in [-0.39, 0.29) is 5.71 Å². The number of nitrogens with zero attached hydrogens (tertiary/aromatic N) is 1. The number of benzene rings is 2. The molecule has 2 N–H and O–H groups in total. The average Bonchev–Trinajstić information content (AvgIpc) is 2.66. The molecule has 2 aromatic carbocycles. The second-order valence-corrected chi connectivity index (χ2v) is 6.60. The van der Waals surface area contributed by atoms with Crippen molar-refractivity contribution in [3.63, 3.8) is 0 Å². The van der Waals surface area contributed by atoms with Gasteiger partial charge < -0.3 is 5.11 Å². The molecule has 1 atom stereocenters. The lowest BCUT2D eigenvalue weighted by Crippen LogP contribution is -2.12. The van der Waals surface area contributed by atoms with E-state index >= 15 is 0 Å². The molecule has 0 amide bonds. The Labute approximate surface area is 162 Å². The van der Waals surface area contributed by atoms with Gasteiger partial charge in [-0.05, 0) is 42.0 Å². The topological polar surface area (TPSA) is 57.0 Å². The number of halogens is 2. The van der Waals surface area contributed by atoms with E-state index in [1.54, 1.807) is 67.0 Å². The third-order valence-corrected chi connectivity index (χ3v) is 4.34.